The van der Waals surface area contributed by atoms with Crippen LogP contribution < -0.4 is 5.32 Å². The molecular weight excluding hydrogens is 332 g/mol. The van der Waals surface area contributed by atoms with Crippen LogP contribution in [0.1, 0.15) is 31.7 Å². The molecule has 1 aromatic carbocycles. The summed E-state index contributed by atoms with van der Waals surface area (Å²) in [5.41, 5.74) is 1.81. The molecule has 21 heavy (non-hydrogen) atoms. The fourth-order valence-electron chi connectivity index (χ4n) is 2.58. The van der Waals surface area contributed by atoms with Gasteiger partial charge in [0, 0.05) is 17.6 Å². The maximum Gasteiger partial charge on any atom is 0.233 e. The molecule has 0 bridgehead atoms. The number of nitrogens with one attached hydrogen (secondary N) is 1. The number of anilines is 1. The molecular formula is C16H21BrN2O2. The van der Waals surface area contributed by atoms with Crippen LogP contribution >= 0.6 is 15.9 Å². The zero-order valence-electron chi connectivity index (χ0n) is 12.5. The molecule has 0 aromatic heterocycles. The van der Waals surface area contributed by atoms with E-state index in [4.69, 9.17) is 0 Å². The second kappa shape index (κ2) is 7.07. The van der Waals surface area contributed by atoms with Crippen molar-refractivity contribution in [2.24, 2.45) is 5.92 Å². The minimum Gasteiger partial charge on any atom is -0.342 e. The lowest BCUT2D eigenvalue weighted by molar-refractivity contribution is -0.136. The second-order valence-corrected chi connectivity index (χ2v) is 6.65. The van der Waals surface area contributed by atoms with Crippen LogP contribution in [0.5, 0.6) is 0 Å². The Morgan fingerprint density at radius 2 is 2.19 bits per heavy atom. The Morgan fingerprint density at radius 1 is 1.43 bits per heavy atom. The van der Waals surface area contributed by atoms with Gasteiger partial charge in [0.15, 0.2) is 0 Å². The van der Waals surface area contributed by atoms with E-state index in [2.05, 4.69) is 28.2 Å². The van der Waals surface area contributed by atoms with Crippen molar-refractivity contribution in [3.8, 4) is 0 Å². The number of carbonyl (C=O) groups is 2. The highest BCUT2D eigenvalue weighted by molar-refractivity contribution is 9.10. The molecule has 0 saturated carbocycles. The molecule has 1 fully saturated rings. The van der Waals surface area contributed by atoms with Crippen molar-refractivity contribution >= 4 is 33.4 Å². The summed E-state index contributed by atoms with van der Waals surface area (Å²) in [6, 6.07) is 5.70. The van der Waals surface area contributed by atoms with Crippen LogP contribution in [0.25, 0.3) is 0 Å². The number of carbonyl (C=O) groups excluding carboxylic acids is 2. The van der Waals surface area contributed by atoms with Gasteiger partial charge in [-0.3, -0.25) is 9.59 Å². The quantitative estimate of drug-likeness (QED) is 0.848. The smallest absolute Gasteiger partial charge is 0.233 e. The maximum absolute atomic E-state index is 12.1. The molecule has 114 valence electrons. The van der Waals surface area contributed by atoms with Gasteiger partial charge in [-0.15, -0.1) is 0 Å². The standard InChI is InChI=1S/C16H21BrN2O2/c1-11-5-6-14(13(17)8-11)18-15(20)9-16(21)19-7-3-4-12(2)10-19/h5-6,8,12H,3-4,7,9-10H2,1-2H3,(H,18,20). The fraction of sp³-hybridized carbons (Fsp3) is 0.500. The molecule has 0 aliphatic carbocycles. The van der Waals surface area contributed by atoms with E-state index in [0.29, 0.717) is 11.6 Å². The summed E-state index contributed by atoms with van der Waals surface area (Å²) < 4.78 is 0.829. The summed E-state index contributed by atoms with van der Waals surface area (Å²) in [5.74, 6) is 0.182. The van der Waals surface area contributed by atoms with Crippen LogP contribution in [-0.4, -0.2) is 29.8 Å². The average Bonchev–Trinajstić information content (AvgIpc) is 2.42. The molecule has 4 nitrogen and oxygen atoms in total. The summed E-state index contributed by atoms with van der Waals surface area (Å²) >= 11 is 3.42. The van der Waals surface area contributed by atoms with Gasteiger partial charge in [-0.05, 0) is 59.3 Å². The van der Waals surface area contributed by atoms with Gasteiger partial charge in [0.2, 0.25) is 11.8 Å². The van der Waals surface area contributed by atoms with Crippen molar-refractivity contribution in [2.45, 2.75) is 33.1 Å². The highest BCUT2D eigenvalue weighted by Gasteiger charge is 2.22. The molecule has 1 N–H and O–H groups in total. The lowest BCUT2D eigenvalue weighted by Crippen LogP contribution is -2.40. The number of benzene rings is 1. The van der Waals surface area contributed by atoms with Gasteiger partial charge in [-0.25, -0.2) is 0 Å². The van der Waals surface area contributed by atoms with Crippen molar-refractivity contribution in [2.75, 3.05) is 18.4 Å². The van der Waals surface area contributed by atoms with Crippen LogP contribution in [0.4, 0.5) is 5.69 Å². The Morgan fingerprint density at radius 3 is 2.86 bits per heavy atom. The van der Waals surface area contributed by atoms with Crippen molar-refractivity contribution in [3.63, 3.8) is 0 Å². The summed E-state index contributed by atoms with van der Waals surface area (Å²) in [5, 5.41) is 2.79. The zero-order chi connectivity index (χ0) is 15.4. The maximum atomic E-state index is 12.1. The van der Waals surface area contributed by atoms with E-state index in [9.17, 15) is 9.59 Å². The van der Waals surface area contributed by atoms with Gasteiger partial charge in [-0.2, -0.15) is 0 Å². The molecule has 5 heteroatoms. The van der Waals surface area contributed by atoms with E-state index in [1.54, 1.807) is 4.90 Å². The first-order valence-electron chi connectivity index (χ1n) is 7.29. The van der Waals surface area contributed by atoms with E-state index in [-0.39, 0.29) is 18.2 Å². The predicted octanol–water partition coefficient (Wildman–Crippen LogP) is 3.34. The largest absolute Gasteiger partial charge is 0.342 e. The summed E-state index contributed by atoms with van der Waals surface area (Å²) in [4.78, 5) is 25.9. The van der Waals surface area contributed by atoms with Gasteiger partial charge in [0.05, 0.1) is 5.69 Å². The first kappa shape index (κ1) is 16.0. The van der Waals surface area contributed by atoms with E-state index in [1.165, 1.54) is 0 Å². The molecule has 2 rings (SSSR count). The molecule has 1 heterocycles. The molecule has 1 aliphatic rings. The van der Waals surface area contributed by atoms with Crippen LogP contribution in [-0.2, 0) is 9.59 Å². The molecule has 1 saturated heterocycles. The first-order valence-corrected chi connectivity index (χ1v) is 8.09. The molecule has 1 aromatic rings. The second-order valence-electron chi connectivity index (χ2n) is 5.80. The zero-order valence-corrected chi connectivity index (χ0v) is 14.1. The SMILES string of the molecule is Cc1ccc(NC(=O)CC(=O)N2CCCC(C)C2)c(Br)c1. The number of aryl methyl sites for hydroxylation is 1. The lowest BCUT2D eigenvalue weighted by Gasteiger charge is -2.30. The van der Waals surface area contributed by atoms with Gasteiger partial charge in [0.1, 0.15) is 6.42 Å². The van der Waals surface area contributed by atoms with Crippen molar-refractivity contribution in [3.05, 3.63) is 28.2 Å². The van der Waals surface area contributed by atoms with Crippen LogP contribution in [0.2, 0.25) is 0 Å². The van der Waals surface area contributed by atoms with Gasteiger partial charge < -0.3 is 10.2 Å². The van der Waals surface area contributed by atoms with Crippen LogP contribution in [0.3, 0.4) is 0 Å². The molecule has 2 amide bonds. The minimum absolute atomic E-state index is 0.0812. The topological polar surface area (TPSA) is 49.4 Å². The Bertz CT molecular complexity index is 545. The number of rotatable bonds is 3. The van der Waals surface area contributed by atoms with Crippen molar-refractivity contribution < 1.29 is 9.59 Å². The Labute approximate surface area is 134 Å². The Hall–Kier alpha value is -1.36. The van der Waals surface area contributed by atoms with Crippen LogP contribution in [0, 0.1) is 12.8 Å². The number of piperidine rings is 1. The van der Waals surface area contributed by atoms with E-state index in [1.807, 2.05) is 25.1 Å². The van der Waals surface area contributed by atoms with Gasteiger partial charge in [0.25, 0.3) is 0 Å². The molecule has 1 atom stereocenters. The number of likely N-dealkylation sites (tertiary alicyclic amines) is 1. The highest BCUT2D eigenvalue weighted by Crippen LogP contribution is 2.23. The number of hydrogen-bond acceptors (Lipinski definition) is 2. The lowest BCUT2D eigenvalue weighted by atomic mass is 10.00. The van der Waals surface area contributed by atoms with Gasteiger partial charge >= 0.3 is 0 Å². The van der Waals surface area contributed by atoms with Gasteiger partial charge in [-0.1, -0.05) is 13.0 Å². The monoisotopic (exact) mass is 352 g/mol. The van der Waals surface area contributed by atoms with Crippen molar-refractivity contribution in [1.29, 1.82) is 0 Å². The summed E-state index contributed by atoms with van der Waals surface area (Å²) in [6.07, 6.45) is 2.09. The third kappa shape index (κ3) is 4.56. The van der Waals surface area contributed by atoms with Crippen molar-refractivity contribution in [1.82, 2.24) is 4.90 Å². The normalized spacial score (nSPS) is 18.4. The average molecular weight is 353 g/mol. The van der Waals surface area contributed by atoms with E-state index >= 15 is 0 Å². The predicted molar refractivity (Wildman–Crippen MR) is 87.1 cm³/mol. The summed E-state index contributed by atoms with van der Waals surface area (Å²) in [6.45, 7) is 5.66. The van der Waals surface area contributed by atoms with E-state index < -0.39 is 0 Å². The Balaban J connectivity index is 1.90. The fourth-order valence-corrected chi connectivity index (χ4v) is 3.17. The molecule has 1 unspecified atom stereocenters. The Kier molecular flexibility index (Phi) is 5.39. The molecule has 1 aliphatic heterocycles. The summed E-state index contributed by atoms with van der Waals surface area (Å²) in [7, 11) is 0. The third-order valence-corrected chi connectivity index (χ3v) is 4.38. The van der Waals surface area contributed by atoms with E-state index in [0.717, 1.165) is 36.0 Å². The highest BCUT2D eigenvalue weighted by atomic mass is 79.9. The van der Waals surface area contributed by atoms with Crippen LogP contribution in [0.15, 0.2) is 22.7 Å². The number of amides is 2. The number of halogens is 1. The third-order valence-electron chi connectivity index (χ3n) is 3.72. The minimum atomic E-state index is -0.261. The first-order chi connectivity index (χ1) is 9.95. The molecule has 0 spiro atoms. The number of nitrogens with zero attached hydrogens (tertiary/aromatic N) is 1. The molecule has 0 radical (unpaired) electrons. The number of hydrogen-bond donors (Lipinski definition) is 1.